The van der Waals surface area contributed by atoms with E-state index in [-0.39, 0.29) is 6.61 Å². The summed E-state index contributed by atoms with van der Waals surface area (Å²) in [6.07, 6.45) is 9.62. The van der Waals surface area contributed by atoms with Gasteiger partial charge in [0.2, 0.25) is 0 Å². The number of nitrogens with zero attached hydrogens (tertiary/aromatic N) is 2. The van der Waals surface area contributed by atoms with E-state index in [1.165, 1.54) is 19.3 Å². The van der Waals surface area contributed by atoms with Crippen LogP contribution in [0.25, 0.3) is 0 Å². The number of hydrogen-bond acceptors (Lipinski definition) is 4. The molecule has 0 aliphatic heterocycles. The zero-order valence-corrected chi connectivity index (χ0v) is 11.9. The van der Waals surface area contributed by atoms with E-state index in [1.54, 1.807) is 12.4 Å². The maximum absolute atomic E-state index is 9.33. The molecule has 1 aliphatic rings. The van der Waals surface area contributed by atoms with Gasteiger partial charge in [0.15, 0.2) is 0 Å². The topological polar surface area (TPSA) is 62.4 Å². The Labute approximate surface area is 119 Å². The molecule has 0 saturated heterocycles. The van der Waals surface area contributed by atoms with E-state index in [9.17, 15) is 5.11 Å². The molecule has 0 atom stereocenters. The number of hydrogen-bond donors (Lipinski definition) is 2. The lowest BCUT2D eigenvalue weighted by Gasteiger charge is -2.36. The van der Waals surface area contributed by atoms with E-state index in [1.807, 2.05) is 6.07 Å². The molecule has 1 aromatic heterocycles. The molecule has 1 saturated carbocycles. The number of aliphatic hydroxyl groups is 1. The van der Waals surface area contributed by atoms with Crippen molar-refractivity contribution in [2.75, 3.05) is 18.1 Å². The van der Waals surface area contributed by atoms with E-state index in [2.05, 4.69) is 9.88 Å². The summed E-state index contributed by atoms with van der Waals surface area (Å²) in [6, 6.07) is 2.31. The van der Waals surface area contributed by atoms with Crippen LogP contribution in [0.2, 0.25) is 0 Å². The highest BCUT2D eigenvalue weighted by Crippen LogP contribution is 2.28. The fourth-order valence-corrected chi connectivity index (χ4v) is 3.00. The van der Waals surface area contributed by atoms with Gasteiger partial charge >= 0.3 is 0 Å². The van der Waals surface area contributed by atoms with Crippen molar-refractivity contribution in [1.29, 1.82) is 0 Å². The first-order chi connectivity index (χ1) is 9.24. The second-order valence-electron chi connectivity index (χ2n) is 4.97. The molecular weight excluding hydrogens is 258 g/mol. The average molecular weight is 279 g/mol. The lowest BCUT2D eigenvalue weighted by molar-refractivity contribution is 0.290. The molecule has 2 rings (SSSR count). The summed E-state index contributed by atoms with van der Waals surface area (Å²) < 4.78 is 0. The minimum atomic E-state index is 0.127. The van der Waals surface area contributed by atoms with Gasteiger partial charge in [-0.25, -0.2) is 0 Å². The first-order valence-corrected chi connectivity index (χ1v) is 7.26. The number of rotatable bonds is 5. The molecule has 0 aromatic carbocycles. The zero-order valence-electron chi connectivity index (χ0n) is 11.1. The van der Waals surface area contributed by atoms with Gasteiger partial charge in [0.25, 0.3) is 0 Å². The first kappa shape index (κ1) is 14.2. The standard InChI is InChI=1S/C14H21N3OS/c15-14(19)12-6-7-16-10-13(12)17(8-9-18)11-4-2-1-3-5-11/h6-7,10-11,18H,1-5,8-9H2,(H2,15,19). The molecule has 104 valence electrons. The molecule has 5 heteroatoms. The first-order valence-electron chi connectivity index (χ1n) is 6.85. The van der Waals surface area contributed by atoms with Crippen LogP contribution in [0, 0.1) is 0 Å². The molecule has 19 heavy (non-hydrogen) atoms. The highest BCUT2D eigenvalue weighted by molar-refractivity contribution is 7.80. The van der Waals surface area contributed by atoms with Gasteiger partial charge in [0.05, 0.1) is 18.5 Å². The Hall–Kier alpha value is -1.20. The molecule has 1 heterocycles. The van der Waals surface area contributed by atoms with Gasteiger partial charge in [-0.15, -0.1) is 0 Å². The summed E-state index contributed by atoms with van der Waals surface area (Å²) in [5.74, 6) is 0. The van der Waals surface area contributed by atoms with Crippen LogP contribution >= 0.6 is 12.2 Å². The lowest BCUT2D eigenvalue weighted by atomic mass is 9.93. The van der Waals surface area contributed by atoms with E-state index in [0.29, 0.717) is 17.6 Å². The van der Waals surface area contributed by atoms with Crippen molar-refractivity contribution in [3.63, 3.8) is 0 Å². The van der Waals surface area contributed by atoms with Gasteiger partial charge < -0.3 is 15.7 Å². The minimum absolute atomic E-state index is 0.127. The predicted octanol–water partition coefficient (Wildman–Crippen LogP) is 1.85. The molecule has 1 aliphatic carbocycles. The summed E-state index contributed by atoms with van der Waals surface area (Å²) in [5.41, 5.74) is 7.60. The van der Waals surface area contributed by atoms with Crippen LogP contribution in [-0.4, -0.2) is 34.3 Å². The van der Waals surface area contributed by atoms with E-state index in [4.69, 9.17) is 18.0 Å². The summed E-state index contributed by atoms with van der Waals surface area (Å²) >= 11 is 5.12. The van der Waals surface area contributed by atoms with Crippen molar-refractivity contribution in [1.82, 2.24) is 4.98 Å². The van der Waals surface area contributed by atoms with Gasteiger partial charge in [-0.05, 0) is 18.9 Å². The predicted molar refractivity (Wildman–Crippen MR) is 81.4 cm³/mol. The third-order valence-electron chi connectivity index (χ3n) is 3.73. The van der Waals surface area contributed by atoms with Crippen molar-refractivity contribution < 1.29 is 5.11 Å². The molecule has 1 aromatic rings. The molecule has 3 N–H and O–H groups in total. The van der Waals surface area contributed by atoms with Crippen LogP contribution in [0.4, 0.5) is 5.69 Å². The molecule has 1 fully saturated rings. The number of aromatic nitrogens is 1. The van der Waals surface area contributed by atoms with Crippen LogP contribution in [-0.2, 0) is 0 Å². The number of pyridine rings is 1. The van der Waals surface area contributed by atoms with Crippen LogP contribution in [0.5, 0.6) is 0 Å². The largest absolute Gasteiger partial charge is 0.395 e. The molecule has 0 unspecified atom stereocenters. The van der Waals surface area contributed by atoms with Crippen LogP contribution in [0.1, 0.15) is 37.7 Å². The van der Waals surface area contributed by atoms with E-state index in [0.717, 1.165) is 24.1 Å². The number of anilines is 1. The highest BCUT2D eigenvalue weighted by Gasteiger charge is 2.23. The Bertz CT molecular complexity index is 432. The summed E-state index contributed by atoms with van der Waals surface area (Å²) in [5, 5.41) is 9.33. The van der Waals surface area contributed by atoms with Crippen molar-refractivity contribution in [3.8, 4) is 0 Å². The second-order valence-corrected chi connectivity index (χ2v) is 5.41. The monoisotopic (exact) mass is 279 g/mol. The fraction of sp³-hybridized carbons (Fsp3) is 0.571. The van der Waals surface area contributed by atoms with Crippen molar-refractivity contribution in [3.05, 3.63) is 24.0 Å². The number of thiocarbonyl (C=S) groups is 1. The molecular formula is C14H21N3OS. The SMILES string of the molecule is NC(=S)c1ccncc1N(CCO)C1CCCCC1. The quantitative estimate of drug-likeness (QED) is 0.805. The van der Waals surface area contributed by atoms with Gasteiger partial charge in [0.1, 0.15) is 4.99 Å². The smallest absolute Gasteiger partial charge is 0.106 e. The summed E-state index contributed by atoms with van der Waals surface area (Å²) in [6.45, 7) is 0.730. The van der Waals surface area contributed by atoms with Gasteiger partial charge in [-0.3, -0.25) is 4.98 Å². The summed E-state index contributed by atoms with van der Waals surface area (Å²) in [4.78, 5) is 6.80. The second kappa shape index (κ2) is 6.82. The Balaban J connectivity index is 2.29. The molecule has 0 spiro atoms. The molecule has 4 nitrogen and oxygen atoms in total. The normalized spacial score (nSPS) is 16.3. The Morgan fingerprint density at radius 1 is 1.42 bits per heavy atom. The Kier molecular flexibility index (Phi) is 5.10. The van der Waals surface area contributed by atoms with Crippen molar-refractivity contribution in [2.45, 2.75) is 38.1 Å². The summed E-state index contributed by atoms with van der Waals surface area (Å²) in [7, 11) is 0. The zero-order chi connectivity index (χ0) is 13.7. The maximum atomic E-state index is 9.33. The van der Waals surface area contributed by atoms with E-state index < -0.39 is 0 Å². The Morgan fingerprint density at radius 3 is 2.79 bits per heavy atom. The lowest BCUT2D eigenvalue weighted by Crippen LogP contribution is -2.40. The third-order valence-corrected chi connectivity index (χ3v) is 3.95. The van der Waals surface area contributed by atoms with Crippen LogP contribution in [0.15, 0.2) is 18.5 Å². The van der Waals surface area contributed by atoms with Gasteiger partial charge in [-0.2, -0.15) is 0 Å². The average Bonchev–Trinajstić information content (AvgIpc) is 2.45. The number of nitrogens with two attached hydrogens (primary N) is 1. The van der Waals surface area contributed by atoms with Crippen molar-refractivity contribution in [2.24, 2.45) is 5.73 Å². The molecule has 0 bridgehead atoms. The molecule has 0 amide bonds. The number of aliphatic hydroxyl groups excluding tert-OH is 1. The molecule has 0 radical (unpaired) electrons. The van der Waals surface area contributed by atoms with Crippen LogP contribution in [0.3, 0.4) is 0 Å². The fourth-order valence-electron chi connectivity index (χ4n) is 2.82. The Morgan fingerprint density at radius 2 is 2.16 bits per heavy atom. The van der Waals surface area contributed by atoms with E-state index >= 15 is 0 Å². The van der Waals surface area contributed by atoms with Crippen molar-refractivity contribution >= 4 is 22.9 Å². The highest BCUT2D eigenvalue weighted by atomic mass is 32.1. The maximum Gasteiger partial charge on any atom is 0.106 e. The minimum Gasteiger partial charge on any atom is -0.395 e. The van der Waals surface area contributed by atoms with Gasteiger partial charge in [0, 0.05) is 24.3 Å². The van der Waals surface area contributed by atoms with Crippen LogP contribution < -0.4 is 10.6 Å². The third kappa shape index (κ3) is 3.42. The van der Waals surface area contributed by atoms with Gasteiger partial charge in [-0.1, -0.05) is 31.5 Å².